The molecule has 0 atom stereocenters. The number of hydrogen-bond donors (Lipinski definition) is 0. The number of ether oxygens (including phenoxy) is 1. The van der Waals surface area contributed by atoms with Crippen LogP contribution >= 0.6 is 0 Å². The molecule has 0 aliphatic carbocycles. The number of aryl methyl sites for hydroxylation is 1. The van der Waals surface area contributed by atoms with Crippen molar-refractivity contribution in [3.05, 3.63) is 53.9 Å². The summed E-state index contributed by atoms with van der Waals surface area (Å²) in [7, 11) is -0.235. The van der Waals surface area contributed by atoms with E-state index in [1.807, 2.05) is 0 Å². The number of aromatic nitrogens is 1. The molecular weight excluding hydrogens is 332 g/mol. The molecule has 8 heteroatoms. The van der Waals surface area contributed by atoms with Crippen LogP contribution in [0.15, 0.2) is 42.6 Å². The number of rotatable bonds is 6. The zero-order valence-corrected chi connectivity index (χ0v) is 14.4. The van der Waals surface area contributed by atoms with Crippen LogP contribution in [-0.4, -0.2) is 44.6 Å². The fourth-order valence-electron chi connectivity index (χ4n) is 2.01. The van der Waals surface area contributed by atoms with E-state index in [-0.39, 0.29) is 12.4 Å². The number of esters is 1. The minimum Gasteiger partial charge on any atom is -0.453 e. The fourth-order valence-corrected chi connectivity index (χ4v) is 2.51. The predicted molar refractivity (Wildman–Crippen MR) is 89.7 cm³/mol. The zero-order valence-electron chi connectivity index (χ0n) is 13.6. The van der Waals surface area contributed by atoms with E-state index in [2.05, 4.69) is 0 Å². The monoisotopic (exact) mass is 350 g/mol. The van der Waals surface area contributed by atoms with Gasteiger partial charge in [-0.15, -0.1) is 0 Å². The van der Waals surface area contributed by atoms with Gasteiger partial charge in [0.15, 0.2) is 12.4 Å². The lowest BCUT2D eigenvalue weighted by atomic mass is 10.1. The van der Waals surface area contributed by atoms with E-state index in [0.29, 0.717) is 16.9 Å². The number of carbonyl (C=O) groups excluding carboxylic acids is 2. The molecule has 0 bridgehead atoms. The highest BCUT2D eigenvalue weighted by atomic mass is 32.2. The maximum absolute atomic E-state index is 12.1. The summed E-state index contributed by atoms with van der Waals surface area (Å²) in [6, 6.07) is 9.34. The molecule has 0 N–H and O–H groups in total. The predicted octanol–water partition coefficient (Wildman–Crippen LogP) is 1.46. The van der Waals surface area contributed by atoms with Gasteiger partial charge in [0.05, 0.1) is 11.9 Å². The summed E-state index contributed by atoms with van der Waals surface area (Å²) in [6.07, 6.45) is 2.80. The minimum absolute atomic E-state index is 0.334. The van der Waals surface area contributed by atoms with Gasteiger partial charge in [0.1, 0.15) is 5.69 Å². The maximum Gasteiger partial charge on any atom is 0.355 e. The van der Waals surface area contributed by atoms with E-state index in [0.717, 1.165) is 10.6 Å². The summed E-state index contributed by atoms with van der Waals surface area (Å²) < 4.78 is 30.6. The van der Waals surface area contributed by atoms with Crippen LogP contribution in [0.25, 0.3) is 0 Å². The van der Waals surface area contributed by atoms with E-state index in [1.165, 1.54) is 31.3 Å². The molecule has 0 unspecified atom stereocenters. The summed E-state index contributed by atoms with van der Waals surface area (Å²) in [5.74, 6) is -0.949. The second-order valence-electron chi connectivity index (χ2n) is 5.28. The first kappa shape index (κ1) is 17.7. The number of sulfonamides is 1. The lowest BCUT2D eigenvalue weighted by molar-refractivity contribution is 0.0465. The van der Waals surface area contributed by atoms with Crippen molar-refractivity contribution >= 4 is 27.5 Å². The second kappa shape index (κ2) is 6.88. The number of benzene rings is 1. The zero-order chi connectivity index (χ0) is 17.9. The maximum atomic E-state index is 12.1. The topological polar surface area (TPSA) is 85.7 Å². The molecule has 7 nitrogen and oxygen atoms in total. The number of Topliss-reactive ketones (excluding diaryl/α,β-unsaturated/α-hetero) is 1. The van der Waals surface area contributed by atoms with Crippen LogP contribution < -0.4 is 4.31 Å². The molecule has 0 fully saturated rings. The third-order valence-electron chi connectivity index (χ3n) is 3.54. The number of carbonyl (C=O) groups is 2. The van der Waals surface area contributed by atoms with Gasteiger partial charge in [0.25, 0.3) is 0 Å². The first-order chi connectivity index (χ1) is 11.2. The van der Waals surface area contributed by atoms with E-state index < -0.39 is 16.0 Å². The molecule has 0 amide bonds. The van der Waals surface area contributed by atoms with Gasteiger partial charge < -0.3 is 9.30 Å². The van der Waals surface area contributed by atoms with Gasteiger partial charge in [-0.1, -0.05) is 0 Å². The lowest BCUT2D eigenvalue weighted by Gasteiger charge is -2.16. The molecular formula is C16H18N2O5S. The molecule has 1 aromatic heterocycles. The van der Waals surface area contributed by atoms with E-state index in [4.69, 9.17) is 4.74 Å². The van der Waals surface area contributed by atoms with Crippen LogP contribution in [0.2, 0.25) is 0 Å². The quantitative estimate of drug-likeness (QED) is 0.582. The second-order valence-corrected chi connectivity index (χ2v) is 7.29. The number of anilines is 1. The van der Waals surface area contributed by atoms with Gasteiger partial charge in [-0.05, 0) is 36.4 Å². The molecule has 0 saturated heterocycles. The third-order valence-corrected chi connectivity index (χ3v) is 4.74. The average Bonchev–Trinajstić information content (AvgIpc) is 2.97. The number of ketones is 1. The Bertz CT molecular complexity index is 853. The third kappa shape index (κ3) is 4.02. The van der Waals surface area contributed by atoms with Crippen LogP contribution in [0.1, 0.15) is 20.8 Å². The first-order valence-corrected chi connectivity index (χ1v) is 8.90. The van der Waals surface area contributed by atoms with Crippen molar-refractivity contribution in [3.8, 4) is 0 Å². The lowest BCUT2D eigenvalue weighted by Crippen LogP contribution is -2.24. The van der Waals surface area contributed by atoms with E-state index in [1.54, 1.807) is 29.9 Å². The average molecular weight is 350 g/mol. The van der Waals surface area contributed by atoms with Crippen molar-refractivity contribution < 1.29 is 22.7 Å². The standard InChI is InChI=1S/C16H18N2O5S/c1-17-10-4-5-14(17)16(20)23-11-15(19)12-6-8-13(9-7-12)18(2)24(3,21)22/h4-10H,11H2,1-3H3. The van der Waals surface area contributed by atoms with Crippen LogP contribution in [0, 0.1) is 0 Å². The molecule has 2 rings (SSSR count). The molecule has 2 aromatic rings. The number of hydrogen-bond acceptors (Lipinski definition) is 5. The van der Waals surface area contributed by atoms with Gasteiger partial charge in [-0.3, -0.25) is 9.10 Å². The SMILES string of the molecule is CN(c1ccc(C(=O)COC(=O)c2cccn2C)cc1)S(C)(=O)=O. The Labute approximate surface area is 140 Å². The largest absolute Gasteiger partial charge is 0.453 e. The Kier molecular flexibility index (Phi) is 5.08. The van der Waals surface area contributed by atoms with Crippen LogP contribution in [0.3, 0.4) is 0 Å². The highest BCUT2D eigenvalue weighted by Gasteiger charge is 2.15. The Morgan fingerprint density at radius 1 is 1.17 bits per heavy atom. The summed E-state index contributed by atoms with van der Waals surface area (Å²) >= 11 is 0. The van der Waals surface area contributed by atoms with E-state index >= 15 is 0 Å². The molecule has 0 saturated carbocycles. The Balaban J connectivity index is 2.01. The Morgan fingerprint density at radius 2 is 1.79 bits per heavy atom. The molecule has 24 heavy (non-hydrogen) atoms. The van der Waals surface area contributed by atoms with Crippen molar-refractivity contribution in [1.29, 1.82) is 0 Å². The van der Waals surface area contributed by atoms with Gasteiger partial charge in [0, 0.05) is 25.9 Å². The van der Waals surface area contributed by atoms with E-state index in [9.17, 15) is 18.0 Å². The van der Waals surface area contributed by atoms with Crippen LogP contribution in [0.5, 0.6) is 0 Å². The highest BCUT2D eigenvalue weighted by Crippen LogP contribution is 2.16. The highest BCUT2D eigenvalue weighted by molar-refractivity contribution is 7.92. The van der Waals surface area contributed by atoms with Crippen molar-refractivity contribution in [2.24, 2.45) is 7.05 Å². The summed E-state index contributed by atoms with van der Waals surface area (Å²) in [6.45, 7) is -0.384. The first-order valence-electron chi connectivity index (χ1n) is 7.06. The van der Waals surface area contributed by atoms with Gasteiger partial charge in [-0.25, -0.2) is 13.2 Å². The molecule has 128 valence electrons. The molecule has 0 aliphatic heterocycles. The molecule has 1 aromatic carbocycles. The number of nitrogens with zero attached hydrogens (tertiary/aromatic N) is 2. The molecule has 0 spiro atoms. The van der Waals surface area contributed by atoms with Crippen molar-refractivity contribution in [3.63, 3.8) is 0 Å². The summed E-state index contributed by atoms with van der Waals surface area (Å²) in [4.78, 5) is 23.9. The minimum atomic E-state index is -3.36. The van der Waals surface area contributed by atoms with Gasteiger partial charge in [0.2, 0.25) is 10.0 Å². The summed E-state index contributed by atoms with van der Waals surface area (Å²) in [5, 5.41) is 0. The van der Waals surface area contributed by atoms with Crippen LogP contribution in [0.4, 0.5) is 5.69 Å². The van der Waals surface area contributed by atoms with Gasteiger partial charge >= 0.3 is 5.97 Å². The van der Waals surface area contributed by atoms with Crippen molar-refractivity contribution in [2.45, 2.75) is 0 Å². The Hall–Kier alpha value is -2.61. The summed E-state index contributed by atoms with van der Waals surface area (Å²) in [5.41, 5.74) is 1.13. The normalized spacial score (nSPS) is 11.1. The molecule has 0 aliphatic rings. The molecule has 1 heterocycles. The van der Waals surface area contributed by atoms with Crippen molar-refractivity contribution in [1.82, 2.24) is 4.57 Å². The van der Waals surface area contributed by atoms with Gasteiger partial charge in [-0.2, -0.15) is 0 Å². The fraction of sp³-hybridized carbons (Fsp3) is 0.250. The van der Waals surface area contributed by atoms with Crippen molar-refractivity contribution in [2.75, 3.05) is 24.2 Å². The Morgan fingerprint density at radius 3 is 2.29 bits per heavy atom. The smallest absolute Gasteiger partial charge is 0.355 e. The van der Waals surface area contributed by atoms with Crippen LogP contribution in [-0.2, 0) is 21.8 Å². The molecule has 0 radical (unpaired) electrons.